The molecule has 6 nitrogen and oxygen atoms in total. The number of amides is 2. The quantitative estimate of drug-likeness (QED) is 0.715. The van der Waals surface area contributed by atoms with Crippen LogP contribution in [0.4, 0.5) is 10.1 Å². The largest absolute Gasteiger partial charge is 0.462 e. The minimum atomic E-state index is -0.890. The second kappa shape index (κ2) is 9.64. The molecule has 0 unspecified atom stereocenters. The van der Waals surface area contributed by atoms with Crippen molar-refractivity contribution in [3.05, 3.63) is 65.5 Å². The van der Waals surface area contributed by atoms with Crippen LogP contribution in [0, 0.1) is 11.7 Å². The molecule has 2 N–H and O–H groups in total. The van der Waals surface area contributed by atoms with E-state index in [1.54, 1.807) is 45.0 Å². The van der Waals surface area contributed by atoms with Crippen LogP contribution < -0.4 is 10.6 Å². The molecule has 0 spiro atoms. The molecular weight excluding hydrogens is 363 g/mol. The second-order valence-electron chi connectivity index (χ2n) is 6.47. The molecule has 0 aliphatic carbocycles. The summed E-state index contributed by atoms with van der Waals surface area (Å²) in [5.41, 5.74) is 0.558. The predicted octanol–water partition coefficient (Wildman–Crippen LogP) is 3.40. The summed E-state index contributed by atoms with van der Waals surface area (Å²) >= 11 is 0. The van der Waals surface area contributed by atoms with E-state index in [2.05, 4.69) is 10.6 Å². The van der Waals surface area contributed by atoms with Gasteiger partial charge in [-0.25, -0.2) is 9.18 Å². The lowest BCUT2D eigenvalue weighted by molar-refractivity contribution is -0.118. The smallest absolute Gasteiger partial charge is 0.338 e. The summed E-state index contributed by atoms with van der Waals surface area (Å²) in [5, 5.41) is 5.25. The number of carbonyl (C=O) groups excluding carboxylic acids is 3. The van der Waals surface area contributed by atoms with Crippen molar-refractivity contribution in [2.75, 3.05) is 11.9 Å². The minimum Gasteiger partial charge on any atom is -0.462 e. The van der Waals surface area contributed by atoms with Gasteiger partial charge < -0.3 is 15.4 Å². The molecule has 0 aliphatic heterocycles. The zero-order valence-corrected chi connectivity index (χ0v) is 16.0. The zero-order valence-electron chi connectivity index (χ0n) is 16.0. The van der Waals surface area contributed by atoms with Gasteiger partial charge in [-0.05, 0) is 43.2 Å². The number of halogens is 1. The van der Waals surface area contributed by atoms with Gasteiger partial charge in [-0.15, -0.1) is 0 Å². The van der Waals surface area contributed by atoms with Crippen molar-refractivity contribution in [3.8, 4) is 0 Å². The van der Waals surface area contributed by atoms with E-state index in [0.29, 0.717) is 11.3 Å². The van der Waals surface area contributed by atoms with Gasteiger partial charge in [-0.2, -0.15) is 0 Å². The molecular formula is C21H23FN2O4. The monoisotopic (exact) mass is 386 g/mol. The molecule has 0 fully saturated rings. The Labute approximate surface area is 163 Å². The zero-order chi connectivity index (χ0) is 20.7. The maximum absolute atomic E-state index is 13.8. The second-order valence-corrected chi connectivity index (χ2v) is 6.47. The van der Waals surface area contributed by atoms with Crippen LogP contribution in [0.2, 0.25) is 0 Å². The Morgan fingerprint density at radius 2 is 1.79 bits per heavy atom. The van der Waals surface area contributed by atoms with Crippen molar-refractivity contribution in [1.82, 2.24) is 5.32 Å². The topological polar surface area (TPSA) is 84.5 Å². The first-order chi connectivity index (χ1) is 13.3. The van der Waals surface area contributed by atoms with Gasteiger partial charge in [-0.1, -0.05) is 32.0 Å². The summed E-state index contributed by atoms with van der Waals surface area (Å²) in [6, 6.07) is 11.0. The highest BCUT2D eigenvalue weighted by Gasteiger charge is 2.26. The van der Waals surface area contributed by atoms with Crippen molar-refractivity contribution in [1.29, 1.82) is 0 Å². The van der Waals surface area contributed by atoms with Gasteiger partial charge in [0.2, 0.25) is 5.91 Å². The van der Waals surface area contributed by atoms with E-state index in [4.69, 9.17) is 4.74 Å². The molecule has 148 valence electrons. The summed E-state index contributed by atoms with van der Waals surface area (Å²) < 4.78 is 18.8. The third kappa shape index (κ3) is 5.39. The van der Waals surface area contributed by atoms with E-state index in [-0.39, 0.29) is 18.1 Å². The highest BCUT2D eigenvalue weighted by molar-refractivity contribution is 6.02. The van der Waals surface area contributed by atoms with Gasteiger partial charge in [0.15, 0.2) is 0 Å². The van der Waals surface area contributed by atoms with Crippen molar-refractivity contribution >= 4 is 23.5 Å². The van der Waals surface area contributed by atoms with E-state index in [1.165, 1.54) is 24.3 Å². The molecule has 1 atom stereocenters. The van der Waals surface area contributed by atoms with E-state index in [9.17, 15) is 18.8 Å². The van der Waals surface area contributed by atoms with Crippen LogP contribution in [0.15, 0.2) is 48.5 Å². The standard InChI is InChI=1S/C21H23FN2O4/c1-4-28-21(27)14-8-7-9-15(12-14)23-20(26)18(13(2)3)24-19(25)16-10-5-6-11-17(16)22/h5-13,18H,4H2,1-3H3,(H,23,26)(H,24,25)/t18-/m0/s1. The maximum atomic E-state index is 13.8. The first-order valence-corrected chi connectivity index (χ1v) is 8.97. The maximum Gasteiger partial charge on any atom is 0.338 e. The van der Waals surface area contributed by atoms with Crippen molar-refractivity contribution in [2.45, 2.75) is 26.8 Å². The molecule has 0 heterocycles. The fourth-order valence-corrected chi connectivity index (χ4v) is 2.56. The van der Waals surface area contributed by atoms with E-state index in [1.807, 2.05) is 0 Å². The Balaban J connectivity index is 2.13. The fourth-order valence-electron chi connectivity index (χ4n) is 2.56. The molecule has 2 rings (SSSR count). The number of rotatable bonds is 7. The number of esters is 1. The summed E-state index contributed by atoms with van der Waals surface area (Å²) in [4.78, 5) is 36.9. The average molecular weight is 386 g/mol. The Morgan fingerprint density at radius 3 is 2.43 bits per heavy atom. The molecule has 0 radical (unpaired) electrons. The van der Waals surface area contributed by atoms with E-state index in [0.717, 1.165) is 0 Å². The van der Waals surface area contributed by atoms with Crippen LogP contribution in [0.25, 0.3) is 0 Å². The molecule has 2 aromatic rings. The third-order valence-electron chi connectivity index (χ3n) is 4.00. The van der Waals surface area contributed by atoms with Gasteiger partial charge in [-0.3, -0.25) is 9.59 Å². The molecule has 7 heteroatoms. The van der Waals surface area contributed by atoms with Gasteiger partial charge in [0.05, 0.1) is 17.7 Å². The number of anilines is 1. The fraction of sp³-hybridized carbons (Fsp3) is 0.286. The van der Waals surface area contributed by atoms with Crippen LogP contribution in [0.5, 0.6) is 0 Å². The number of benzene rings is 2. The Bertz CT molecular complexity index is 867. The highest BCUT2D eigenvalue weighted by atomic mass is 19.1. The van der Waals surface area contributed by atoms with Crippen molar-refractivity contribution in [3.63, 3.8) is 0 Å². The van der Waals surface area contributed by atoms with Crippen molar-refractivity contribution in [2.24, 2.45) is 5.92 Å². The molecule has 2 aromatic carbocycles. The van der Waals surface area contributed by atoms with Gasteiger partial charge in [0.25, 0.3) is 5.91 Å². The predicted molar refractivity (Wildman–Crippen MR) is 104 cm³/mol. The summed E-state index contributed by atoms with van der Waals surface area (Å²) in [7, 11) is 0. The molecule has 28 heavy (non-hydrogen) atoms. The van der Waals surface area contributed by atoms with E-state index >= 15 is 0 Å². The lowest BCUT2D eigenvalue weighted by Crippen LogP contribution is -2.47. The van der Waals surface area contributed by atoms with Gasteiger partial charge in [0, 0.05) is 5.69 Å². The Hall–Kier alpha value is -3.22. The number of nitrogens with one attached hydrogen (secondary N) is 2. The molecule has 0 saturated heterocycles. The normalized spacial score (nSPS) is 11.6. The summed E-state index contributed by atoms with van der Waals surface area (Å²) in [6.07, 6.45) is 0. The summed E-state index contributed by atoms with van der Waals surface area (Å²) in [5.74, 6) is -2.55. The lowest BCUT2D eigenvalue weighted by atomic mass is 10.0. The summed E-state index contributed by atoms with van der Waals surface area (Å²) in [6.45, 7) is 5.48. The van der Waals surface area contributed by atoms with Crippen LogP contribution in [0.1, 0.15) is 41.5 Å². The number of hydrogen-bond donors (Lipinski definition) is 2. The number of ether oxygens (including phenoxy) is 1. The molecule has 0 bridgehead atoms. The highest BCUT2D eigenvalue weighted by Crippen LogP contribution is 2.14. The van der Waals surface area contributed by atoms with Crippen molar-refractivity contribution < 1.29 is 23.5 Å². The lowest BCUT2D eigenvalue weighted by Gasteiger charge is -2.22. The number of hydrogen-bond acceptors (Lipinski definition) is 4. The van der Waals surface area contributed by atoms with Crippen LogP contribution in [-0.4, -0.2) is 30.4 Å². The van der Waals surface area contributed by atoms with Gasteiger partial charge in [0.1, 0.15) is 11.9 Å². The van der Waals surface area contributed by atoms with Crippen LogP contribution >= 0.6 is 0 Å². The molecule has 0 saturated carbocycles. The van der Waals surface area contributed by atoms with Crippen LogP contribution in [0.3, 0.4) is 0 Å². The Kier molecular flexibility index (Phi) is 7.26. The minimum absolute atomic E-state index is 0.134. The number of carbonyl (C=O) groups is 3. The third-order valence-corrected chi connectivity index (χ3v) is 4.00. The van der Waals surface area contributed by atoms with E-state index < -0.39 is 29.6 Å². The first kappa shape index (κ1) is 21.1. The first-order valence-electron chi connectivity index (χ1n) is 8.97. The Morgan fingerprint density at radius 1 is 1.07 bits per heavy atom. The SMILES string of the molecule is CCOC(=O)c1cccc(NC(=O)[C@@H](NC(=O)c2ccccc2F)C(C)C)c1. The van der Waals surface area contributed by atoms with Crippen LogP contribution in [-0.2, 0) is 9.53 Å². The van der Waals surface area contributed by atoms with Gasteiger partial charge >= 0.3 is 5.97 Å². The average Bonchev–Trinajstić information content (AvgIpc) is 2.66. The molecule has 0 aliphatic rings. The molecule has 2 amide bonds. The molecule has 0 aromatic heterocycles.